The number of hydrazone groups is 1. The lowest BCUT2D eigenvalue weighted by molar-refractivity contribution is -0.0191. The first-order valence-corrected chi connectivity index (χ1v) is 11.4. The molecule has 0 radical (unpaired) electrons. The highest BCUT2D eigenvalue weighted by Gasteiger charge is 2.41. The number of halogens is 1. The lowest BCUT2D eigenvalue weighted by Gasteiger charge is -2.38. The van der Waals surface area contributed by atoms with Crippen LogP contribution in [0, 0.1) is 6.92 Å². The second kappa shape index (κ2) is 8.04. The average Bonchev–Trinajstić information content (AvgIpc) is 3.20. The van der Waals surface area contributed by atoms with Gasteiger partial charge in [0.15, 0.2) is 0 Å². The molecule has 5 rings (SSSR count). The number of rotatable bonds is 4. The first-order valence-electron chi connectivity index (χ1n) is 10.6. The van der Waals surface area contributed by atoms with Crippen molar-refractivity contribution >= 4 is 21.6 Å². The zero-order valence-electron chi connectivity index (χ0n) is 17.9. The summed E-state index contributed by atoms with van der Waals surface area (Å²) in [4.78, 5) is 0. The van der Waals surface area contributed by atoms with Crippen molar-refractivity contribution in [3.05, 3.63) is 93.5 Å². The summed E-state index contributed by atoms with van der Waals surface area (Å²) in [5.74, 6) is 1.78. The van der Waals surface area contributed by atoms with Gasteiger partial charge in [-0.25, -0.2) is 5.01 Å². The van der Waals surface area contributed by atoms with E-state index in [-0.39, 0.29) is 18.4 Å². The summed E-state index contributed by atoms with van der Waals surface area (Å²) in [5.41, 5.74) is 5.72. The Labute approximate surface area is 191 Å². The van der Waals surface area contributed by atoms with Gasteiger partial charge >= 0.3 is 0 Å². The Morgan fingerprint density at radius 3 is 2.48 bits per heavy atom. The van der Waals surface area contributed by atoms with Gasteiger partial charge in [0.05, 0.1) is 17.9 Å². The van der Waals surface area contributed by atoms with Crippen LogP contribution < -0.4 is 9.47 Å². The standard InChI is InChI=1S/C26H25BrN2O2/c1-16(2)30-21-11-8-19(9-12-21)26-29-24(22-14-20(27)10-13-25(22)31-26)15-23(28-29)18-6-4-17(3)5-7-18/h4-14,16,24,26H,15H2,1-3H3. The molecule has 4 nitrogen and oxygen atoms in total. The highest BCUT2D eigenvalue weighted by Crippen LogP contribution is 2.48. The van der Waals surface area contributed by atoms with Crippen LogP contribution in [0.2, 0.25) is 0 Å². The van der Waals surface area contributed by atoms with Crippen molar-refractivity contribution in [2.24, 2.45) is 5.10 Å². The minimum absolute atomic E-state index is 0.133. The van der Waals surface area contributed by atoms with Crippen LogP contribution in [0.25, 0.3) is 0 Å². The van der Waals surface area contributed by atoms with Gasteiger partial charge in [0.25, 0.3) is 0 Å². The molecule has 2 unspecified atom stereocenters. The van der Waals surface area contributed by atoms with E-state index in [1.807, 2.05) is 38.1 Å². The van der Waals surface area contributed by atoms with E-state index in [0.717, 1.165) is 44.8 Å². The molecule has 2 aliphatic rings. The predicted molar refractivity (Wildman–Crippen MR) is 127 cm³/mol. The number of ether oxygens (including phenoxy) is 2. The van der Waals surface area contributed by atoms with Gasteiger partial charge in [-0.15, -0.1) is 0 Å². The topological polar surface area (TPSA) is 34.1 Å². The van der Waals surface area contributed by atoms with Gasteiger partial charge in [0.1, 0.15) is 11.5 Å². The second-order valence-electron chi connectivity index (χ2n) is 8.40. The summed E-state index contributed by atoms with van der Waals surface area (Å²) in [6.07, 6.45) is 0.711. The number of hydrogen-bond acceptors (Lipinski definition) is 4. The summed E-state index contributed by atoms with van der Waals surface area (Å²) in [5, 5.41) is 7.16. The van der Waals surface area contributed by atoms with E-state index in [4.69, 9.17) is 14.6 Å². The summed E-state index contributed by atoms with van der Waals surface area (Å²) < 4.78 is 13.3. The van der Waals surface area contributed by atoms with Crippen molar-refractivity contribution in [3.63, 3.8) is 0 Å². The predicted octanol–water partition coefficient (Wildman–Crippen LogP) is 6.79. The normalized spacial score (nSPS) is 19.5. The molecule has 2 atom stereocenters. The minimum Gasteiger partial charge on any atom is -0.491 e. The van der Waals surface area contributed by atoms with Gasteiger partial charge < -0.3 is 9.47 Å². The number of benzene rings is 3. The Balaban J connectivity index is 1.53. The Bertz CT molecular complexity index is 1120. The molecule has 0 saturated heterocycles. The zero-order chi connectivity index (χ0) is 21.5. The fourth-order valence-corrected chi connectivity index (χ4v) is 4.56. The van der Waals surface area contributed by atoms with E-state index < -0.39 is 0 Å². The van der Waals surface area contributed by atoms with E-state index in [0.29, 0.717) is 0 Å². The molecule has 0 spiro atoms. The van der Waals surface area contributed by atoms with Crippen LogP contribution in [0.1, 0.15) is 54.8 Å². The van der Waals surface area contributed by atoms with E-state index in [2.05, 4.69) is 70.3 Å². The number of hydrogen-bond donors (Lipinski definition) is 0. The van der Waals surface area contributed by atoms with Gasteiger partial charge in [0.2, 0.25) is 6.23 Å². The monoisotopic (exact) mass is 476 g/mol. The van der Waals surface area contributed by atoms with Gasteiger partial charge in [0, 0.05) is 22.0 Å². The molecule has 31 heavy (non-hydrogen) atoms. The van der Waals surface area contributed by atoms with Gasteiger partial charge in [-0.2, -0.15) is 5.10 Å². The molecule has 2 aliphatic heterocycles. The smallest absolute Gasteiger partial charge is 0.213 e. The van der Waals surface area contributed by atoms with E-state index in [1.165, 1.54) is 5.56 Å². The fourth-order valence-electron chi connectivity index (χ4n) is 4.18. The molecule has 2 heterocycles. The summed E-state index contributed by atoms with van der Waals surface area (Å²) in [6, 6.07) is 23.1. The van der Waals surface area contributed by atoms with E-state index in [1.54, 1.807) is 0 Å². The third kappa shape index (κ3) is 3.94. The van der Waals surface area contributed by atoms with Crippen molar-refractivity contribution in [3.8, 4) is 11.5 Å². The molecule has 0 fully saturated rings. The molecule has 0 bridgehead atoms. The van der Waals surface area contributed by atoms with Crippen LogP contribution >= 0.6 is 15.9 Å². The van der Waals surface area contributed by atoms with Crippen molar-refractivity contribution in [1.29, 1.82) is 0 Å². The lowest BCUT2D eigenvalue weighted by atomic mass is 9.95. The average molecular weight is 477 g/mol. The highest BCUT2D eigenvalue weighted by atomic mass is 79.9. The van der Waals surface area contributed by atoms with Gasteiger partial charge in [-0.05, 0) is 68.8 Å². The third-order valence-corrected chi connectivity index (χ3v) is 6.17. The fraction of sp³-hybridized carbons (Fsp3) is 0.269. The van der Waals surface area contributed by atoms with E-state index in [9.17, 15) is 0 Å². The van der Waals surface area contributed by atoms with Crippen molar-refractivity contribution in [2.45, 2.75) is 45.6 Å². The molecule has 0 amide bonds. The maximum atomic E-state index is 6.47. The molecular weight excluding hydrogens is 452 g/mol. The van der Waals surface area contributed by atoms with Gasteiger partial charge in [-0.1, -0.05) is 45.8 Å². The first-order chi connectivity index (χ1) is 15.0. The Kier molecular flexibility index (Phi) is 5.22. The molecule has 3 aromatic carbocycles. The van der Waals surface area contributed by atoms with Crippen LogP contribution in [0.15, 0.2) is 76.3 Å². The molecule has 0 N–H and O–H groups in total. The molecule has 3 aromatic rings. The van der Waals surface area contributed by atoms with Crippen LogP contribution in [-0.4, -0.2) is 16.8 Å². The maximum absolute atomic E-state index is 6.47. The van der Waals surface area contributed by atoms with Crippen molar-refractivity contribution in [1.82, 2.24) is 5.01 Å². The summed E-state index contributed by atoms with van der Waals surface area (Å²) in [6.45, 7) is 6.17. The SMILES string of the molecule is Cc1ccc(C2=NN3C(C2)c2cc(Br)ccc2OC3c2ccc(OC(C)C)cc2)cc1. The zero-order valence-corrected chi connectivity index (χ0v) is 19.5. The molecule has 0 aromatic heterocycles. The molecule has 0 saturated carbocycles. The Hall–Kier alpha value is -2.79. The third-order valence-electron chi connectivity index (χ3n) is 5.67. The first kappa shape index (κ1) is 20.1. The van der Waals surface area contributed by atoms with Crippen LogP contribution in [0.3, 0.4) is 0 Å². The maximum Gasteiger partial charge on any atom is 0.213 e. The van der Waals surface area contributed by atoms with Crippen molar-refractivity contribution in [2.75, 3.05) is 0 Å². The molecule has 158 valence electrons. The molecular formula is C26H25BrN2O2. The number of fused-ring (bicyclic) bond motifs is 3. The van der Waals surface area contributed by atoms with Crippen molar-refractivity contribution < 1.29 is 9.47 Å². The number of nitrogens with zero attached hydrogens (tertiary/aromatic N) is 2. The van der Waals surface area contributed by atoms with Crippen LogP contribution in [-0.2, 0) is 0 Å². The molecule has 0 aliphatic carbocycles. The summed E-state index contributed by atoms with van der Waals surface area (Å²) >= 11 is 3.62. The quantitative estimate of drug-likeness (QED) is 0.415. The summed E-state index contributed by atoms with van der Waals surface area (Å²) in [7, 11) is 0. The van der Waals surface area contributed by atoms with Crippen LogP contribution in [0.5, 0.6) is 11.5 Å². The highest BCUT2D eigenvalue weighted by molar-refractivity contribution is 9.10. The van der Waals surface area contributed by atoms with E-state index >= 15 is 0 Å². The Morgan fingerprint density at radius 2 is 1.77 bits per heavy atom. The minimum atomic E-state index is -0.283. The lowest BCUT2D eigenvalue weighted by Crippen LogP contribution is -2.33. The van der Waals surface area contributed by atoms with Crippen LogP contribution in [0.4, 0.5) is 0 Å². The van der Waals surface area contributed by atoms with Gasteiger partial charge in [-0.3, -0.25) is 0 Å². The largest absolute Gasteiger partial charge is 0.491 e. The molecule has 5 heteroatoms. The second-order valence-corrected chi connectivity index (χ2v) is 9.32. The number of aryl methyl sites for hydroxylation is 1. The Morgan fingerprint density at radius 1 is 1.03 bits per heavy atom.